The largest absolute Gasteiger partial charge is 0.357 e. The number of benzene rings is 1. The van der Waals surface area contributed by atoms with Crippen molar-refractivity contribution >= 4 is 34.6 Å². The van der Waals surface area contributed by atoms with Crippen LogP contribution < -0.4 is 10.6 Å². The third-order valence-electron chi connectivity index (χ3n) is 5.56. The normalized spacial score (nSPS) is 19.5. The molecule has 4 rings (SSSR count). The zero-order chi connectivity index (χ0) is 19.7. The van der Waals surface area contributed by atoms with E-state index in [0.29, 0.717) is 18.1 Å². The van der Waals surface area contributed by atoms with Gasteiger partial charge in [0.15, 0.2) is 0 Å². The quantitative estimate of drug-likeness (QED) is 0.732. The van der Waals surface area contributed by atoms with Gasteiger partial charge in [0.05, 0.1) is 12.6 Å². The third-order valence-corrected chi connectivity index (χ3v) is 5.89. The summed E-state index contributed by atoms with van der Waals surface area (Å²) >= 11 is 6.23. The van der Waals surface area contributed by atoms with Gasteiger partial charge in [-0.1, -0.05) is 17.7 Å². The van der Waals surface area contributed by atoms with Crippen LogP contribution >= 0.6 is 11.6 Å². The van der Waals surface area contributed by atoms with E-state index in [1.807, 2.05) is 29.2 Å². The van der Waals surface area contributed by atoms with Gasteiger partial charge in [-0.05, 0) is 43.9 Å². The molecule has 0 bridgehead atoms. The number of urea groups is 2. The molecule has 2 aromatic rings. The number of halogens is 1. The molecule has 28 heavy (non-hydrogen) atoms. The van der Waals surface area contributed by atoms with Gasteiger partial charge in [0.25, 0.3) is 0 Å². The predicted molar refractivity (Wildman–Crippen MR) is 109 cm³/mol. The number of carbonyl (C=O) groups excluding carboxylic acids is 2. The lowest BCUT2D eigenvalue weighted by atomic mass is 10.0. The molecule has 1 atom stereocenters. The minimum absolute atomic E-state index is 0.0593. The van der Waals surface area contributed by atoms with E-state index in [1.165, 1.54) is 0 Å². The first-order valence-corrected chi connectivity index (χ1v) is 10.2. The average molecular weight is 404 g/mol. The Kier molecular flexibility index (Phi) is 5.35. The van der Waals surface area contributed by atoms with Crippen LogP contribution in [0.25, 0.3) is 10.9 Å². The van der Waals surface area contributed by atoms with Crippen LogP contribution in [0.1, 0.15) is 31.4 Å². The zero-order valence-corrected chi connectivity index (χ0v) is 16.8. The topological polar surface area (TPSA) is 80.5 Å². The van der Waals surface area contributed by atoms with Crippen LogP contribution in [0.5, 0.6) is 0 Å². The first kappa shape index (κ1) is 18.9. The second-order valence-electron chi connectivity index (χ2n) is 7.59. The molecule has 1 aliphatic heterocycles. The molecule has 4 amide bonds. The number of nitrogens with one attached hydrogen (secondary N) is 3. The predicted octanol–water partition coefficient (Wildman–Crippen LogP) is 3.30. The molecule has 1 saturated heterocycles. The lowest BCUT2D eigenvalue weighted by Gasteiger charge is -2.39. The first-order chi connectivity index (χ1) is 13.6. The minimum atomic E-state index is -0.0733. The van der Waals surface area contributed by atoms with E-state index in [4.69, 9.17) is 11.6 Å². The number of nitrogens with zero attached hydrogens (tertiary/aromatic N) is 2. The number of aromatic amines is 1. The van der Waals surface area contributed by atoms with Crippen LogP contribution in [0, 0.1) is 0 Å². The maximum Gasteiger partial charge on any atom is 0.318 e. The monoisotopic (exact) mass is 403 g/mol. The smallest absolute Gasteiger partial charge is 0.318 e. The van der Waals surface area contributed by atoms with E-state index in [0.717, 1.165) is 48.8 Å². The maximum absolute atomic E-state index is 13.0. The van der Waals surface area contributed by atoms with Crippen molar-refractivity contribution in [1.29, 1.82) is 0 Å². The second-order valence-corrected chi connectivity index (χ2v) is 8.00. The van der Waals surface area contributed by atoms with Crippen LogP contribution in [-0.4, -0.2) is 59.1 Å². The summed E-state index contributed by atoms with van der Waals surface area (Å²) in [5.41, 5.74) is 1.88. The van der Waals surface area contributed by atoms with E-state index in [9.17, 15) is 9.59 Å². The Hall–Kier alpha value is -2.41. The number of piperidine rings is 1. The fraction of sp³-hybridized carbons (Fsp3) is 0.500. The van der Waals surface area contributed by atoms with Gasteiger partial charge in [0.2, 0.25) is 0 Å². The Morgan fingerprint density at radius 2 is 2.11 bits per heavy atom. The number of likely N-dealkylation sites (tertiary alicyclic amines) is 1. The van der Waals surface area contributed by atoms with Gasteiger partial charge in [-0.15, -0.1) is 0 Å². The van der Waals surface area contributed by atoms with Crippen molar-refractivity contribution in [3.8, 4) is 0 Å². The van der Waals surface area contributed by atoms with Crippen molar-refractivity contribution in [2.24, 2.45) is 0 Å². The van der Waals surface area contributed by atoms with E-state index in [1.54, 1.807) is 11.9 Å². The number of amides is 4. The highest BCUT2D eigenvalue weighted by Crippen LogP contribution is 2.31. The Morgan fingerprint density at radius 1 is 1.29 bits per heavy atom. The molecule has 2 heterocycles. The van der Waals surface area contributed by atoms with E-state index < -0.39 is 0 Å². The van der Waals surface area contributed by atoms with Gasteiger partial charge in [0, 0.05) is 47.8 Å². The van der Waals surface area contributed by atoms with Crippen molar-refractivity contribution in [2.75, 3.05) is 20.1 Å². The summed E-state index contributed by atoms with van der Waals surface area (Å²) in [4.78, 5) is 32.0. The number of hydrogen-bond donors (Lipinski definition) is 3. The molecule has 1 aromatic heterocycles. The number of hydrogen-bond acceptors (Lipinski definition) is 2. The lowest BCUT2D eigenvalue weighted by Crippen LogP contribution is -2.56. The molecule has 0 unspecified atom stereocenters. The number of aromatic nitrogens is 1. The molecular weight excluding hydrogens is 378 g/mol. The van der Waals surface area contributed by atoms with E-state index >= 15 is 0 Å². The first-order valence-electron chi connectivity index (χ1n) is 9.85. The Morgan fingerprint density at radius 3 is 2.82 bits per heavy atom. The zero-order valence-electron chi connectivity index (χ0n) is 16.0. The maximum atomic E-state index is 13.0. The van der Waals surface area contributed by atoms with Gasteiger partial charge in [-0.3, -0.25) is 0 Å². The Labute approximate surface area is 169 Å². The van der Waals surface area contributed by atoms with Crippen molar-refractivity contribution in [3.05, 3.63) is 35.0 Å². The highest BCUT2D eigenvalue weighted by Gasteiger charge is 2.39. The van der Waals surface area contributed by atoms with Crippen LogP contribution in [0.15, 0.2) is 24.3 Å². The van der Waals surface area contributed by atoms with Crippen LogP contribution in [0.2, 0.25) is 5.02 Å². The molecule has 2 fully saturated rings. The Bertz CT molecular complexity index is 879. The van der Waals surface area contributed by atoms with Crippen LogP contribution in [0.3, 0.4) is 0 Å². The fourth-order valence-electron chi connectivity index (χ4n) is 4.04. The molecule has 1 aromatic carbocycles. The van der Waals surface area contributed by atoms with Gasteiger partial charge < -0.3 is 25.4 Å². The SMILES string of the molecule is CNC(=O)N1CCC[C@@H](N(C(=O)NCc2cc3c(Cl)cccc3[nH]2)C2CC2)C1. The van der Waals surface area contributed by atoms with Gasteiger partial charge >= 0.3 is 12.1 Å². The van der Waals surface area contributed by atoms with Crippen molar-refractivity contribution in [2.45, 2.75) is 44.3 Å². The summed E-state index contributed by atoms with van der Waals surface area (Å²) in [6.45, 7) is 1.75. The summed E-state index contributed by atoms with van der Waals surface area (Å²) in [7, 11) is 1.64. The second kappa shape index (κ2) is 7.91. The molecule has 150 valence electrons. The van der Waals surface area contributed by atoms with Crippen molar-refractivity contribution < 1.29 is 9.59 Å². The molecule has 1 aliphatic carbocycles. The number of H-pyrrole nitrogens is 1. The molecule has 3 N–H and O–H groups in total. The molecule has 8 heteroatoms. The average Bonchev–Trinajstić information content (AvgIpc) is 3.44. The van der Waals surface area contributed by atoms with Crippen LogP contribution in [-0.2, 0) is 6.54 Å². The molecule has 2 aliphatic rings. The minimum Gasteiger partial charge on any atom is -0.357 e. The van der Waals surface area contributed by atoms with Crippen LogP contribution in [0.4, 0.5) is 9.59 Å². The standard InChI is InChI=1S/C20H26ClN5O2/c1-22-19(27)25-9-3-4-15(12-25)26(14-7-8-14)20(28)23-11-13-10-16-17(21)5-2-6-18(16)24-13/h2,5-6,10,14-15,24H,3-4,7-9,11-12H2,1H3,(H,22,27)(H,23,28)/t15-/m1/s1. The lowest BCUT2D eigenvalue weighted by molar-refractivity contribution is 0.116. The summed E-state index contributed by atoms with van der Waals surface area (Å²) in [6.07, 6.45) is 3.91. The highest BCUT2D eigenvalue weighted by atomic mass is 35.5. The van der Waals surface area contributed by atoms with Crippen molar-refractivity contribution in [1.82, 2.24) is 25.4 Å². The highest BCUT2D eigenvalue weighted by molar-refractivity contribution is 6.35. The Balaban J connectivity index is 1.42. The van der Waals surface area contributed by atoms with Gasteiger partial charge in [-0.2, -0.15) is 0 Å². The number of rotatable bonds is 4. The summed E-state index contributed by atoms with van der Waals surface area (Å²) in [5.74, 6) is 0. The molecule has 7 nitrogen and oxygen atoms in total. The van der Waals surface area contributed by atoms with Crippen molar-refractivity contribution in [3.63, 3.8) is 0 Å². The number of fused-ring (bicyclic) bond motifs is 1. The van der Waals surface area contributed by atoms with Gasteiger partial charge in [0.1, 0.15) is 0 Å². The summed E-state index contributed by atoms with van der Waals surface area (Å²) < 4.78 is 0. The fourth-order valence-corrected chi connectivity index (χ4v) is 4.27. The third kappa shape index (κ3) is 3.90. The molecule has 0 radical (unpaired) electrons. The molecular formula is C20H26ClN5O2. The molecule has 1 saturated carbocycles. The number of carbonyl (C=O) groups is 2. The van der Waals surface area contributed by atoms with E-state index in [2.05, 4.69) is 15.6 Å². The summed E-state index contributed by atoms with van der Waals surface area (Å²) in [5, 5.41) is 7.39. The summed E-state index contributed by atoms with van der Waals surface area (Å²) in [6, 6.07) is 7.93. The molecule has 0 spiro atoms. The van der Waals surface area contributed by atoms with Gasteiger partial charge in [-0.25, -0.2) is 9.59 Å². The van der Waals surface area contributed by atoms with E-state index in [-0.39, 0.29) is 24.1 Å².